The molecular formula is C32H25BO. The number of benzene rings is 6. The van der Waals surface area contributed by atoms with Crippen LogP contribution in [0.2, 0.25) is 6.32 Å². The van der Waals surface area contributed by atoms with Gasteiger partial charge in [0.05, 0.1) is 0 Å². The van der Waals surface area contributed by atoms with E-state index >= 15 is 0 Å². The third kappa shape index (κ3) is 3.35. The van der Waals surface area contributed by atoms with Crippen LogP contribution in [-0.4, -0.2) is 12.4 Å². The van der Waals surface area contributed by atoms with Gasteiger partial charge in [-0.2, -0.15) is 0 Å². The molecule has 0 spiro atoms. The van der Waals surface area contributed by atoms with Crippen LogP contribution in [0.15, 0.2) is 109 Å². The Morgan fingerprint density at radius 3 is 1.59 bits per heavy atom. The lowest BCUT2D eigenvalue weighted by Crippen LogP contribution is -2.18. The number of fused-ring (bicyclic) bond motifs is 3. The molecule has 162 valence electrons. The van der Waals surface area contributed by atoms with Gasteiger partial charge < -0.3 is 5.11 Å². The predicted octanol–water partition coefficient (Wildman–Crippen LogP) is 7.69. The van der Waals surface area contributed by atoms with Crippen molar-refractivity contribution in [3.8, 4) is 28.0 Å². The molecule has 0 aliphatic carbocycles. The third-order valence-electron chi connectivity index (χ3n) is 6.87. The molecule has 0 heterocycles. The van der Waals surface area contributed by atoms with E-state index in [2.05, 4.69) is 116 Å². The molecule has 6 aromatic carbocycles. The first kappa shape index (κ1) is 20.6. The second-order valence-corrected chi connectivity index (χ2v) is 9.00. The van der Waals surface area contributed by atoms with Gasteiger partial charge in [-0.3, -0.25) is 0 Å². The van der Waals surface area contributed by atoms with Gasteiger partial charge >= 0.3 is 0 Å². The van der Waals surface area contributed by atoms with Crippen molar-refractivity contribution in [2.75, 3.05) is 0 Å². The molecule has 6 aromatic rings. The van der Waals surface area contributed by atoms with Crippen LogP contribution in [0.25, 0.3) is 54.6 Å². The van der Waals surface area contributed by atoms with Gasteiger partial charge in [0.2, 0.25) is 0 Å². The molecular weight excluding hydrogens is 411 g/mol. The lowest BCUT2D eigenvalue weighted by Gasteiger charge is -2.20. The van der Waals surface area contributed by atoms with E-state index in [9.17, 15) is 5.11 Å². The standard InChI is InChI=1S/C32H25BO/c1-2-33-31-29(25-17-15-21-9-3-5-11-23(21)19-25)27-13-7-8-14-28(27)30(32(31)34)26-18-16-22-10-4-6-12-24(22)20-26/h3-20,33-34H,2H2,1H3. The highest BCUT2D eigenvalue weighted by molar-refractivity contribution is 6.58. The highest BCUT2D eigenvalue weighted by Crippen LogP contribution is 2.41. The first-order valence-corrected chi connectivity index (χ1v) is 12.0. The van der Waals surface area contributed by atoms with Crippen molar-refractivity contribution < 1.29 is 5.11 Å². The molecule has 0 aliphatic heterocycles. The van der Waals surface area contributed by atoms with Crippen molar-refractivity contribution >= 4 is 45.1 Å². The minimum Gasteiger partial charge on any atom is -0.508 e. The molecule has 1 nitrogen and oxygen atoms in total. The van der Waals surface area contributed by atoms with Gasteiger partial charge in [-0.15, -0.1) is 0 Å². The molecule has 0 saturated carbocycles. The summed E-state index contributed by atoms with van der Waals surface area (Å²) in [6.07, 6.45) is 0.962. The molecule has 1 N–H and O–H groups in total. The SMILES string of the molecule is CCBc1c(O)c(-c2ccc3ccccc3c2)c2ccccc2c1-c1ccc2ccccc2c1. The van der Waals surface area contributed by atoms with Crippen LogP contribution < -0.4 is 5.46 Å². The number of hydrogen-bond acceptors (Lipinski definition) is 1. The zero-order chi connectivity index (χ0) is 23.1. The van der Waals surface area contributed by atoms with Gasteiger partial charge in [0.25, 0.3) is 0 Å². The quantitative estimate of drug-likeness (QED) is 0.281. The highest BCUT2D eigenvalue weighted by atomic mass is 16.3. The van der Waals surface area contributed by atoms with Crippen molar-refractivity contribution in [1.29, 1.82) is 0 Å². The summed E-state index contributed by atoms with van der Waals surface area (Å²) in [4.78, 5) is 0. The van der Waals surface area contributed by atoms with E-state index in [-0.39, 0.29) is 0 Å². The van der Waals surface area contributed by atoms with Crippen LogP contribution in [-0.2, 0) is 0 Å². The molecule has 0 aliphatic rings. The predicted molar refractivity (Wildman–Crippen MR) is 149 cm³/mol. The fourth-order valence-corrected chi connectivity index (χ4v) is 5.28. The molecule has 0 amide bonds. The smallest absolute Gasteiger partial charge is 0.163 e. The third-order valence-corrected chi connectivity index (χ3v) is 6.87. The Balaban J connectivity index is 1.69. The molecule has 0 unspecified atom stereocenters. The van der Waals surface area contributed by atoms with Crippen molar-refractivity contribution in [2.24, 2.45) is 0 Å². The van der Waals surface area contributed by atoms with Gasteiger partial charge in [-0.05, 0) is 66.6 Å². The van der Waals surface area contributed by atoms with Crippen LogP contribution in [0.5, 0.6) is 5.75 Å². The summed E-state index contributed by atoms with van der Waals surface area (Å²) < 4.78 is 0. The maximum atomic E-state index is 11.8. The van der Waals surface area contributed by atoms with E-state index in [0.717, 1.165) is 46.7 Å². The highest BCUT2D eigenvalue weighted by Gasteiger charge is 2.21. The largest absolute Gasteiger partial charge is 0.508 e. The Bertz CT molecular complexity index is 1680. The van der Waals surface area contributed by atoms with Crippen LogP contribution in [0.1, 0.15) is 6.92 Å². The Hall–Kier alpha value is -4.04. The molecule has 0 saturated heterocycles. The zero-order valence-electron chi connectivity index (χ0n) is 19.3. The Kier molecular flexibility index (Phi) is 5.07. The second-order valence-electron chi connectivity index (χ2n) is 9.00. The summed E-state index contributed by atoms with van der Waals surface area (Å²) in [5.74, 6) is 0.402. The Labute approximate surface area is 200 Å². The molecule has 0 fully saturated rings. The van der Waals surface area contributed by atoms with Crippen LogP contribution in [0.4, 0.5) is 0 Å². The van der Waals surface area contributed by atoms with E-state index in [1.165, 1.54) is 26.9 Å². The minimum absolute atomic E-state index is 0.402. The minimum atomic E-state index is 0.402. The zero-order valence-corrected chi connectivity index (χ0v) is 19.3. The average molecular weight is 436 g/mol. The number of phenols is 1. The van der Waals surface area contributed by atoms with Crippen LogP contribution in [0, 0.1) is 0 Å². The second kappa shape index (κ2) is 8.39. The van der Waals surface area contributed by atoms with E-state index < -0.39 is 0 Å². The van der Waals surface area contributed by atoms with Crippen molar-refractivity contribution in [1.82, 2.24) is 0 Å². The maximum absolute atomic E-state index is 11.8. The summed E-state index contributed by atoms with van der Waals surface area (Å²) >= 11 is 0. The number of rotatable bonds is 4. The Morgan fingerprint density at radius 2 is 1.03 bits per heavy atom. The van der Waals surface area contributed by atoms with E-state index in [4.69, 9.17) is 0 Å². The summed E-state index contributed by atoms with van der Waals surface area (Å²) in [7, 11) is 0.819. The molecule has 2 heteroatoms. The van der Waals surface area contributed by atoms with Crippen molar-refractivity contribution in [3.63, 3.8) is 0 Å². The molecule has 0 aromatic heterocycles. The average Bonchev–Trinajstić information content (AvgIpc) is 2.89. The molecule has 6 rings (SSSR count). The first-order chi connectivity index (χ1) is 16.7. The van der Waals surface area contributed by atoms with Crippen molar-refractivity contribution in [3.05, 3.63) is 109 Å². The monoisotopic (exact) mass is 436 g/mol. The summed E-state index contributed by atoms with van der Waals surface area (Å²) in [5, 5.41) is 18.9. The number of hydrogen-bond donors (Lipinski definition) is 1. The maximum Gasteiger partial charge on any atom is 0.163 e. The molecule has 0 bridgehead atoms. The van der Waals surface area contributed by atoms with E-state index in [1.807, 2.05) is 0 Å². The van der Waals surface area contributed by atoms with Gasteiger partial charge in [-0.1, -0.05) is 110 Å². The molecule has 0 radical (unpaired) electrons. The molecule has 34 heavy (non-hydrogen) atoms. The van der Waals surface area contributed by atoms with Gasteiger partial charge in [0.1, 0.15) is 5.75 Å². The summed E-state index contributed by atoms with van der Waals surface area (Å²) in [6, 6.07) is 38.5. The van der Waals surface area contributed by atoms with Crippen LogP contribution in [0.3, 0.4) is 0 Å². The fraction of sp³-hybridized carbons (Fsp3) is 0.0625. The lowest BCUT2D eigenvalue weighted by molar-refractivity contribution is 0.482. The topological polar surface area (TPSA) is 20.2 Å². The van der Waals surface area contributed by atoms with Crippen LogP contribution >= 0.6 is 0 Å². The summed E-state index contributed by atoms with van der Waals surface area (Å²) in [6.45, 7) is 2.18. The van der Waals surface area contributed by atoms with E-state index in [1.54, 1.807) is 0 Å². The lowest BCUT2D eigenvalue weighted by atomic mass is 9.63. The van der Waals surface area contributed by atoms with Crippen molar-refractivity contribution in [2.45, 2.75) is 13.2 Å². The van der Waals surface area contributed by atoms with Gasteiger partial charge in [-0.25, -0.2) is 0 Å². The normalized spacial score (nSPS) is 11.3. The fourth-order valence-electron chi connectivity index (χ4n) is 5.28. The van der Waals surface area contributed by atoms with Gasteiger partial charge in [0, 0.05) is 5.56 Å². The number of aromatic hydroxyl groups is 1. The van der Waals surface area contributed by atoms with Gasteiger partial charge in [0.15, 0.2) is 7.28 Å². The first-order valence-electron chi connectivity index (χ1n) is 12.0. The van der Waals surface area contributed by atoms with E-state index in [0.29, 0.717) is 5.75 Å². The number of phenolic OH excluding ortho intramolecular Hbond substituents is 1. The molecule has 0 atom stereocenters. The Morgan fingerprint density at radius 1 is 0.559 bits per heavy atom. The summed E-state index contributed by atoms with van der Waals surface area (Å²) in [5.41, 5.74) is 5.30.